The van der Waals surface area contributed by atoms with Crippen molar-refractivity contribution in [2.24, 2.45) is 11.8 Å². The van der Waals surface area contributed by atoms with Gasteiger partial charge in [-0.05, 0) is 18.8 Å². The molecule has 108 valence electrons. The second-order valence-corrected chi connectivity index (χ2v) is 5.59. The Kier molecular flexibility index (Phi) is 7.95. The quantitative estimate of drug-likeness (QED) is 0.577. The Hall–Kier alpha value is -0.810. The van der Waals surface area contributed by atoms with Gasteiger partial charge < -0.3 is 20.5 Å². The molecule has 5 nitrogen and oxygen atoms in total. The minimum absolute atomic E-state index is 0.0900. The lowest BCUT2D eigenvalue weighted by Gasteiger charge is -2.27. The van der Waals surface area contributed by atoms with Crippen molar-refractivity contribution in [2.45, 2.75) is 40.2 Å². The molecular formula is C13H28N2O3. The maximum Gasteiger partial charge on any atom is 0.314 e. The first-order valence-corrected chi connectivity index (χ1v) is 6.57. The molecule has 0 aliphatic rings. The molecule has 5 heteroatoms. The molecule has 1 atom stereocenters. The van der Waals surface area contributed by atoms with E-state index in [-0.39, 0.29) is 18.5 Å². The Morgan fingerprint density at radius 2 is 1.89 bits per heavy atom. The molecule has 0 saturated heterocycles. The van der Waals surface area contributed by atoms with E-state index in [1.54, 1.807) is 6.92 Å². The van der Waals surface area contributed by atoms with Crippen LogP contribution < -0.4 is 10.6 Å². The fourth-order valence-corrected chi connectivity index (χ4v) is 1.08. The van der Waals surface area contributed by atoms with Gasteiger partial charge in [-0.15, -0.1) is 0 Å². The summed E-state index contributed by atoms with van der Waals surface area (Å²) < 4.78 is 5.34. The number of carbonyl (C=O) groups is 1. The van der Waals surface area contributed by atoms with Gasteiger partial charge >= 0.3 is 6.03 Å². The van der Waals surface area contributed by atoms with Crippen LogP contribution in [0.5, 0.6) is 0 Å². The van der Waals surface area contributed by atoms with E-state index in [2.05, 4.69) is 24.5 Å². The minimum Gasteiger partial charge on any atom is -0.388 e. The monoisotopic (exact) mass is 260 g/mol. The van der Waals surface area contributed by atoms with Crippen LogP contribution in [0.25, 0.3) is 0 Å². The number of aliphatic hydroxyl groups is 1. The van der Waals surface area contributed by atoms with Crippen molar-refractivity contribution in [3.8, 4) is 0 Å². The average molecular weight is 260 g/mol. The Labute approximate surface area is 110 Å². The Balaban J connectivity index is 3.61. The zero-order valence-corrected chi connectivity index (χ0v) is 12.2. The minimum atomic E-state index is -0.883. The lowest BCUT2D eigenvalue weighted by atomic mass is 9.93. The molecule has 2 amide bonds. The van der Waals surface area contributed by atoms with Gasteiger partial charge in [-0.2, -0.15) is 0 Å². The van der Waals surface area contributed by atoms with Crippen LogP contribution in [-0.4, -0.2) is 43.0 Å². The van der Waals surface area contributed by atoms with Gasteiger partial charge in [0.15, 0.2) is 0 Å². The van der Waals surface area contributed by atoms with Crippen molar-refractivity contribution in [3.05, 3.63) is 0 Å². The molecule has 1 unspecified atom stereocenters. The number of ether oxygens (including phenoxy) is 1. The number of amides is 2. The maximum atomic E-state index is 11.4. The molecule has 0 aromatic rings. The predicted octanol–water partition coefficient (Wildman–Crippen LogP) is 1.37. The van der Waals surface area contributed by atoms with Crippen molar-refractivity contribution in [3.63, 3.8) is 0 Å². The molecule has 0 bridgehead atoms. The van der Waals surface area contributed by atoms with E-state index in [0.717, 1.165) is 0 Å². The molecule has 18 heavy (non-hydrogen) atoms. The van der Waals surface area contributed by atoms with Gasteiger partial charge in [-0.3, -0.25) is 0 Å². The molecule has 0 rings (SSSR count). The summed E-state index contributed by atoms with van der Waals surface area (Å²) in [6.07, 6.45) is 0. The van der Waals surface area contributed by atoms with Crippen LogP contribution in [0.2, 0.25) is 0 Å². The third-order valence-electron chi connectivity index (χ3n) is 2.83. The summed E-state index contributed by atoms with van der Waals surface area (Å²) in [5, 5.41) is 15.3. The van der Waals surface area contributed by atoms with Gasteiger partial charge in [0.2, 0.25) is 0 Å². The molecule has 0 radical (unpaired) electrons. The van der Waals surface area contributed by atoms with Crippen molar-refractivity contribution >= 4 is 6.03 Å². The second kappa shape index (κ2) is 8.32. The highest BCUT2D eigenvalue weighted by Gasteiger charge is 2.25. The molecule has 0 heterocycles. The number of urea groups is 1. The first kappa shape index (κ1) is 17.2. The summed E-state index contributed by atoms with van der Waals surface area (Å²) in [7, 11) is 0. The predicted molar refractivity (Wildman–Crippen MR) is 72.5 cm³/mol. The van der Waals surface area contributed by atoms with E-state index in [1.807, 2.05) is 13.8 Å². The molecule has 0 aromatic carbocycles. The smallest absolute Gasteiger partial charge is 0.314 e. The van der Waals surface area contributed by atoms with E-state index >= 15 is 0 Å². The molecule has 3 N–H and O–H groups in total. The molecule has 0 saturated carbocycles. The fourth-order valence-electron chi connectivity index (χ4n) is 1.08. The van der Waals surface area contributed by atoms with Gasteiger partial charge in [0.05, 0.1) is 12.2 Å². The number of carbonyl (C=O) groups excluding carboxylic acids is 1. The molecule has 0 fully saturated rings. The average Bonchev–Trinajstić information content (AvgIpc) is 2.25. The summed E-state index contributed by atoms with van der Waals surface area (Å²) in [6, 6.07) is -0.274. The lowest BCUT2D eigenvalue weighted by Crippen LogP contribution is -2.47. The van der Waals surface area contributed by atoms with Gasteiger partial charge in [0, 0.05) is 19.7 Å². The molecule has 0 aliphatic heterocycles. The van der Waals surface area contributed by atoms with E-state index in [1.165, 1.54) is 0 Å². The SMILES string of the molecule is CC(C)COCCNC(=O)NCC(C)(O)C(C)C. The van der Waals surface area contributed by atoms with Crippen molar-refractivity contribution < 1.29 is 14.6 Å². The van der Waals surface area contributed by atoms with Crippen LogP contribution in [0.1, 0.15) is 34.6 Å². The number of rotatable bonds is 8. The largest absolute Gasteiger partial charge is 0.388 e. The summed E-state index contributed by atoms with van der Waals surface area (Å²) >= 11 is 0. The van der Waals surface area contributed by atoms with Crippen LogP contribution in [-0.2, 0) is 4.74 Å². The summed E-state index contributed by atoms with van der Waals surface area (Å²) in [5.74, 6) is 0.590. The van der Waals surface area contributed by atoms with Crippen LogP contribution in [0.15, 0.2) is 0 Å². The maximum absolute atomic E-state index is 11.4. The van der Waals surface area contributed by atoms with Crippen LogP contribution in [0, 0.1) is 11.8 Å². The highest BCUT2D eigenvalue weighted by atomic mass is 16.5. The van der Waals surface area contributed by atoms with Crippen molar-refractivity contribution in [2.75, 3.05) is 26.3 Å². The van der Waals surface area contributed by atoms with E-state index < -0.39 is 5.60 Å². The van der Waals surface area contributed by atoms with Crippen molar-refractivity contribution in [1.82, 2.24) is 10.6 Å². The Bertz CT molecular complexity index is 240. The fraction of sp³-hybridized carbons (Fsp3) is 0.923. The van der Waals surface area contributed by atoms with Crippen LogP contribution in [0.3, 0.4) is 0 Å². The molecule has 0 aliphatic carbocycles. The van der Waals surface area contributed by atoms with E-state index in [0.29, 0.717) is 25.7 Å². The first-order chi connectivity index (χ1) is 8.25. The van der Waals surface area contributed by atoms with Crippen LogP contribution >= 0.6 is 0 Å². The second-order valence-electron chi connectivity index (χ2n) is 5.59. The zero-order chi connectivity index (χ0) is 14.2. The molecule has 0 aromatic heterocycles. The first-order valence-electron chi connectivity index (χ1n) is 6.57. The Morgan fingerprint density at radius 1 is 1.28 bits per heavy atom. The summed E-state index contributed by atoms with van der Waals surface area (Å²) in [4.78, 5) is 11.4. The Morgan fingerprint density at radius 3 is 2.39 bits per heavy atom. The van der Waals surface area contributed by atoms with Gasteiger partial charge in [-0.1, -0.05) is 27.7 Å². The number of hydrogen-bond acceptors (Lipinski definition) is 3. The van der Waals surface area contributed by atoms with Gasteiger partial charge in [0.1, 0.15) is 0 Å². The number of hydrogen-bond donors (Lipinski definition) is 3. The molecular weight excluding hydrogens is 232 g/mol. The molecule has 0 spiro atoms. The highest BCUT2D eigenvalue weighted by Crippen LogP contribution is 2.14. The third kappa shape index (κ3) is 8.31. The van der Waals surface area contributed by atoms with Crippen LogP contribution in [0.4, 0.5) is 4.79 Å². The normalized spacial score (nSPS) is 14.7. The third-order valence-corrected chi connectivity index (χ3v) is 2.83. The summed E-state index contributed by atoms with van der Waals surface area (Å²) in [6.45, 7) is 11.6. The number of nitrogens with one attached hydrogen (secondary N) is 2. The standard InChI is InChI=1S/C13H28N2O3/c1-10(2)8-18-7-6-14-12(16)15-9-13(5,17)11(3)4/h10-11,17H,6-9H2,1-5H3,(H2,14,15,16). The van der Waals surface area contributed by atoms with Crippen molar-refractivity contribution in [1.29, 1.82) is 0 Å². The zero-order valence-electron chi connectivity index (χ0n) is 12.2. The van der Waals surface area contributed by atoms with Gasteiger partial charge in [0.25, 0.3) is 0 Å². The highest BCUT2D eigenvalue weighted by molar-refractivity contribution is 5.73. The van der Waals surface area contributed by atoms with E-state index in [4.69, 9.17) is 4.74 Å². The van der Waals surface area contributed by atoms with Gasteiger partial charge in [-0.25, -0.2) is 4.79 Å². The summed E-state index contributed by atoms with van der Waals surface area (Å²) in [5.41, 5.74) is -0.883. The lowest BCUT2D eigenvalue weighted by molar-refractivity contribution is 0.0165. The van der Waals surface area contributed by atoms with E-state index in [9.17, 15) is 9.90 Å². The topological polar surface area (TPSA) is 70.6 Å².